The van der Waals surface area contributed by atoms with Crippen molar-refractivity contribution in [3.8, 4) is 0 Å². The van der Waals surface area contributed by atoms with Crippen LogP contribution in [0.4, 0.5) is 0 Å². The standard InChI is InChI=1S/C9H20N2O/c1-3-10-4-5-11-6-7-12-9(2)8-11/h9-10H,3-8H2,1-2H3. The second kappa shape index (κ2) is 5.51. The van der Waals surface area contributed by atoms with Gasteiger partial charge in [0.2, 0.25) is 0 Å². The Bertz CT molecular complexity index is 119. The lowest BCUT2D eigenvalue weighted by Gasteiger charge is -2.30. The summed E-state index contributed by atoms with van der Waals surface area (Å²) >= 11 is 0. The Kier molecular flexibility index (Phi) is 4.58. The molecule has 3 heteroatoms. The largest absolute Gasteiger partial charge is 0.376 e. The first-order chi connectivity index (χ1) is 5.83. The van der Waals surface area contributed by atoms with Gasteiger partial charge in [-0.05, 0) is 13.5 Å². The maximum absolute atomic E-state index is 5.45. The van der Waals surface area contributed by atoms with E-state index in [2.05, 4.69) is 24.1 Å². The second-order valence-electron chi connectivity index (χ2n) is 3.34. The average molecular weight is 172 g/mol. The molecule has 1 rings (SSSR count). The predicted molar refractivity (Wildman–Crippen MR) is 50.4 cm³/mol. The molecule has 1 saturated heterocycles. The van der Waals surface area contributed by atoms with Crippen molar-refractivity contribution in [2.75, 3.05) is 39.3 Å². The van der Waals surface area contributed by atoms with Crippen LogP contribution in [0.5, 0.6) is 0 Å². The lowest BCUT2D eigenvalue weighted by Crippen LogP contribution is -2.43. The van der Waals surface area contributed by atoms with E-state index in [1.165, 1.54) is 0 Å². The maximum Gasteiger partial charge on any atom is 0.0674 e. The summed E-state index contributed by atoms with van der Waals surface area (Å²) < 4.78 is 5.45. The molecule has 0 saturated carbocycles. The van der Waals surface area contributed by atoms with Crippen molar-refractivity contribution in [3.63, 3.8) is 0 Å². The van der Waals surface area contributed by atoms with E-state index in [1.807, 2.05) is 0 Å². The Morgan fingerprint density at radius 3 is 3.08 bits per heavy atom. The van der Waals surface area contributed by atoms with Crippen LogP contribution in [0.25, 0.3) is 0 Å². The van der Waals surface area contributed by atoms with Crippen molar-refractivity contribution in [1.29, 1.82) is 0 Å². The Morgan fingerprint density at radius 2 is 2.42 bits per heavy atom. The van der Waals surface area contributed by atoms with Gasteiger partial charge in [-0.25, -0.2) is 0 Å². The minimum Gasteiger partial charge on any atom is -0.376 e. The van der Waals surface area contributed by atoms with Crippen LogP contribution in [0.3, 0.4) is 0 Å². The molecule has 72 valence electrons. The topological polar surface area (TPSA) is 24.5 Å². The molecular formula is C9H20N2O. The molecule has 0 aromatic heterocycles. The van der Waals surface area contributed by atoms with E-state index in [4.69, 9.17) is 4.74 Å². The van der Waals surface area contributed by atoms with Crippen LogP contribution >= 0.6 is 0 Å². The number of nitrogens with one attached hydrogen (secondary N) is 1. The van der Waals surface area contributed by atoms with E-state index in [0.29, 0.717) is 6.10 Å². The molecule has 1 aliphatic heterocycles. The molecule has 1 unspecified atom stereocenters. The number of likely N-dealkylation sites (N-methyl/N-ethyl adjacent to an activating group) is 1. The van der Waals surface area contributed by atoms with E-state index < -0.39 is 0 Å². The molecule has 0 bridgehead atoms. The summed E-state index contributed by atoms with van der Waals surface area (Å²) in [4.78, 5) is 2.46. The Morgan fingerprint density at radius 1 is 1.58 bits per heavy atom. The number of nitrogens with zero attached hydrogens (tertiary/aromatic N) is 1. The Hall–Kier alpha value is -0.120. The summed E-state index contributed by atoms with van der Waals surface area (Å²) in [5.41, 5.74) is 0. The summed E-state index contributed by atoms with van der Waals surface area (Å²) in [5.74, 6) is 0. The smallest absolute Gasteiger partial charge is 0.0674 e. The first-order valence-corrected chi connectivity index (χ1v) is 4.87. The third-order valence-corrected chi connectivity index (χ3v) is 2.18. The van der Waals surface area contributed by atoms with Crippen molar-refractivity contribution in [2.45, 2.75) is 20.0 Å². The highest BCUT2D eigenvalue weighted by atomic mass is 16.5. The van der Waals surface area contributed by atoms with Gasteiger partial charge in [0.15, 0.2) is 0 Å². The molecule has 0 aromatic carbocycles. The van der Waals surface area contributed by atoms with Gasteiger partial charge in [0, 0.05) is 26.2 Å². The molecule has 1 N–H and O–H groups in total. The Labute approximate surface area is 75.1 Å². The van der Waals surface area contributed by atoms with E-state index >= 15 is 0 Å². The molecule has 1 heterocycles. The van der Waals surface area contributed by atoms with Crippen LogP contribution in [-0.2, 0) is 4.74 Å². The normalized spacial score (nSPS) is 26.0. The number of hydrogen-bond donors (Lipinski definition) is 1. The third kappa shape index (κ3) is 3.52. The first-order valence-electron chi connectivity index (χ1n) is 4.87. The molecule has 1 aliphatic rings. The van der Waals surface area contributed by atoms with Crippen LogP contribution in [0.15, 0.2) is 0 Å². The average Bonchev–Trinajstić information content (AvgIpc) is 2.05. The van der Waals surface area contributed by atoms with E-state index in [0.717, 1.165) is 39.3 Å². The van der Waals surface area contributed by atoms with Gasteiger partial charge >= 0.3 is 0 Å². The highest BCUT2D eigenvalue weighted by Crippen LogP contribution is 2.02. The summed E-state index contributed by atoms with van der Waals surface area (Å²) in [6, 6.07) is 0. The Balaban J connectivity index is 2.06. The number of rotatable bonds is 4. The van der Waals surface area contributed by atoms with Gasteiger partial charge in [-0.1, -0.05) is 6.92 Å². The highest BCUT2D eigenvalue weighted by Gasteiger charge is 2.15. The van der Waals surface area contributed by atoms with Crippen molar-refractivity contribution in [2.24, 2.45) is 0 Å². The molecule has 0 spiro atoms. The van der Waals surface area contributed by atoms with Crippen LogP contribution < -0.4 is 5.32 Å². The molecule has 1 fully saturated rings. The SMILES string of the molecule is CCNCCN1CCOC(C)C1. The van der Waals surface area contributed by atoms with Crippen molar-refractivity contribution >= 4 is 0 Å². The maximum atomic E-state index is 5.45. The van der Waals surface area contributed by atoms with Gasteiger partial charge < -0.3 is 10.1 Å². The first kappa shape index (κ1) is 9.96. The molecule has 0 amide bonds. The summed E-state index contributed by atoms with van der Waals surface area (Å²) in [6.07, 6.45) is 0.417. The molecule has 3 nitrogen and oxygen atoms in total. The summed E-state index contributed by atoms with van der Waals surface area (Å²) in [6.45, 7) is 10.7. The number of morpholine rings is 1. The van der Waals surface area contributed by atoms with Crippen LogP contribution in [-0.4, -0.2) is 50.3 Å². The van der Waals surface area contributed by atoms with Gasteiger partial charge in [0.25, 0.3) is 0 Å². The number of hydrogen-bond acceptors (Lipinski definition) is 3. The van der Waals surface area contributed by atoms with Gasteiger partial charge in [0.1, 0.15) is 0 Å². The van der Waals surface area contributed by atoms with Crippen molar-refractivity contribution in [3.05, 3.63) is 0 Å². The molecule has 1 atom stereocenters. The molecule has 0 aliphatic carbocycles. The zero-order valence-corrected chi connectivity index (χ0v) is 8.18. The minimum absolute atomic E-state index is 0.417. The quantitative estimate of drug-likeness (QED) is 0.618. The summed E-state index contributed by atoms with van der Waals surface area (Å²) in [5, 5.41) is 3.33. The van der Waals surface area contributed by atoms with Gasteiger partial charge in [-0.2, -0.15) is 0 Å². The lowest BCUT2D eigenvalue weighted by atomic mass is 10.3. The zero-order chi connectivity index (χ0) is 8.81. The minimum atomic E-state index is 0.417. The highest BCUT2D eigenvalue weighted by molar-refractivity contribution is 4.68. The van der Waals surface area contributed by atoms with Crippen LogP contribution in [0, 0.1) is 0 Å². The number of ether oxygens (including phenoxy) is 1. The summed E-state index contributed by atoms with van der Waals surface area (Å²) in [7, 11) is 0. The fraction of sp³-hybridized carbons (Fsp3) is 1.00. The van der Waals surface area contributed by atoms with Crippen molar-refractivity contribution in [1.82, 2.24) is 10.2 Å². The van der Waals surface area contributed by atoms with E-state index in [9.17, 15) is 0 Å². The van der Waals surface area contributed by atoms with Gasteiger partial charge in [-0.15, -0.1) is 0 Å². The van der Waals surface area contributed by atoms with Crippen LogP contribution in [0.2, 0.25) is 0 Å². The fourth-order valence-electron chi connectivity index (χ4n) is 1.51. The van der Waals surface area contributed by atoms with E-state index in [1.54, 1.807) is 0 Å². The second-order valence-corrected chi connectivity index (χ2v) is 3.34. The predicted octanol–water partition coefficient (Wildman–Crippen LogP) is 0.317. The van der Waals surface area contributed by atoms with Gasteiger partial charge in [-0.3, -0.25) is 4.90 Å². The fourth-order valence-corrected chi connectivity index (χ4v) is 1.51. The third-order valence-electron chi connectivity index (χ3n) is 2.18. The molecule has 12 heavy (non-hydrogen) atoms. The van der Waals surface area contributed by atoms with E-state index in [-0.39, 0.29) is 0 Å². The molecule has 0 radical (unpaired) electrons. The monoisotopic (exact) mass is 172 g/mol. The van der Waals surface area contributed by atoms with Crippen molar-refractivity contribution < 1.29 is 4.74 Å². The zero-order valence-electron chi connectivity index (χ0n) is 8.18. The lowest BCUT2D eigenvalue weighted by molar-refractivity contribution is -0.0176. The van der Waals surface area contributed by atoms with Crippen LogP contribution in [0.1, 0.15) is 13.8 Å². The molecule has 0 aromatic rings. The molecular weight excluding hydrogens is 152 g/mol. The van der Waals surface area contributed by atoms with Gasteiger partial charge in [0.05, 0.1) is 12.7 Å².